The Labute approximate surface area is 304 Å². The third-order valence-electron chi connectivity index (χ3n) is 9.37. The Morgan fingerprint density at radius 3 is 1.25 bits per heavy atom. The highest BCUT2D eigenvalue weighted by atomic mass is 16.5. The maximum Gasteiger partial charge on any atom is 0.141 e. The maximum atomic E-state index is 6.90. The number of hydrogen-bond donors (Lipinski definition) is 0. The SMILES string of the molecule is c1ccc(N(c2ccccn2)c2cc(Oc3cc(N(c4ccccc4)c4ccccn4)c4c(c3)oc3ccccc34)cc3oc4ccccc4c23)cc1. The Bertz CT molecular complexity index is 2600. The third-order valence-corrected chi connectivity index (χ3v) is 9.37. The lowest BCUT2D eigenvalue weighted by atomic mass is 10.1. The number of aromatic nitrogens is 2. The second-order valence-electron chi connectivity index (χ2n) is 12.6. The molecule has 4 heterocycles. The van der Waals surface area contributed by atoms with Crippen molar-refractivity contribution in [2.45, 2.75) is 0 Å². The van der Waals surface area contributed by atoms with Crippen LogP contribution in [0.15, 0.2) is 191 Å². The van der Waals surface area contributed by atoms with Crippen molar-refractivity contribution in [3.63, 3.8) is 0 Å². The van der Waals surface area contributed by atoms with Gasteiger partial charge in [0.15, 0.2) is 0 Å². The largest absolute Gasteiger partial charge is 0.457 e. The molecule has 0 aliphatic heterocycles. The van der Waals surface area contributed by atoms with Gasteiger partial charge in [-0.2, -0.15) is 0 Å². The highest BCUT2D eigenvalue weighted by Crippen LogP contribution is 2.48. The van der Waals surface area contributed by atoms with Crippen LogP contribution in [-0.4, -0.2) is 9.97 Å². The van der Waals surface area contributed by atoms with Gasteiger partial charge in [-0.25, -0.2) is 9.97 Å². The Kier molecular flexibility index (Phi) is 7.32. The van der Waals surface area contributed by atoms with E-state index in [4.69, 9.17) is 23.5 Å². The highest BCUT2D eigenvalue weighted by Gasteiger charge is 2.24. The summed E-state index contributed by atoms with van der Waals surface area (Å²) in [5.74, 6) is 2.72. The normalized spacial score (nSPS) is 11.4. The number of fused-ring (bicyclic) bond motifs is 6. The van der Waals surface area contributed by atoms with E-state index >= 15 is 0 Å². The molecular formula is C46H30N4O3. The zero-order valence-electron chi connectivity index (χ0n) is 28.3. The van der Waals surface area contributed by atoms with Crippen molar-refractivity contribution in [1.29, 1.82) is 0 Å². The molecule has 0 atom stereocenters. The Balaban J connectivity index is 1.20. The van der Waals surface area contributed by atoms with Crippen LogP contribution < -0.4 is 14.5 Å². The topological polar surface area (TPSA) is 67.8 Å². The first-order valence-electron chi connectivity index (χ1n) is 17.4. The maximum absolute atomic E-state index is 6.90. The first-order valence-corrected chi connectivity index (χ1v) is 17.4. The van der Waals surface area contributed by atoms with Crippen LogP contribution in [0.4, 0.5) is 34.4 Å². The molecule has 0 N–H and O–H groups in total. The van der Waals surface area contributed by atoms with Crippen LogP contribution in [0.1, 0.15) is 0 Å². The number of hydrogen-bond acceptors (Lipinski definition) is 7. The second-order valence-corrected chi connectivity index (χ2v) is 12.6. The molecule has 0 saturated heterocycles. The predicted molar refractivity (Wildman–Crippen MR) is 212 cm³/mol. The minimum atomic E-state index is 0.592. The molecule has 0 bridgehead atoms. The monoisotopic (exact) mass is 686 g/mol. The molecule has 10 aromatic rings. The smallest absolute Gasteiger partial charge is 0.141 e. The van der Waals surface area contributed by atoms with Crippen LogP contribution >= 0.6 is 0 Å². The van der Waals surface area contributed by atoms with Crippen molar-refractivity contribution < 1.29 is 13.6 Å². The number of rotatable bonds is 8. The molecular weight excluding hydrogens is 657 g/mol. The number of ether oxygens (including phenoxy) is 1. The Morgan fingerprint density at radius 1 is 0.396 bits per heavy atom. The average molecular weight is 687 g/mol. The average Bonchev–Trinajstić information content (AvgIpc) is 3.78. The van der Waals surface area contributed by atoms with E-state index in [9.17, 15) is 0 Å². The molecule has 7 heteroatoms. The van der Waals surface area contributed by atoms with E-state index in [0.29, 0.717) is 22.7 Å². The van der Waals surface area contributed by atoms with E-state index in [0.717, 1.165) is 67.1 Å². The third kappa shape index (κ3) is 5.39. The van der Waals surface area contributed by atoms with Crippen LogP contribution in [0, 0.1) is 0 Å². The molecule has 0 spiro atoms. The van der Waals surface area contributed by atoms with Crippen LogP contribution in [0.25, 0.3) is 43.9 Å². The lowest BCUT2D eigenvalue weighted by Gasteiger charge is -2.26. The summed E-state index contributed by atoms with van der Waals surface area (Å²) in [5, 5.41) is 3.92. The summed E-state index contributed by atoms with van der Waals surface area (Å²) in [7, 11) is 0. The first-order chi connectivity index (χ1) is 26.3. The van der Waals surface area contributed by atoms with E-state index in [1.807, 2.05) is 121 Å². The van der Waals surface area contributed by atoms with Crippen LogP contribution in [0.3, 0.4) is 0 Å². The summed E-state index contributed by atoms with van der Waals surface area (Å²) >= 11 is 0. The summed E-state index contributed by atoms with van der Waals surface area (Å²) in [4.78, 5) is 13.9. The number of anilines is 6. The summed E-state index contributed by atoms with van der Waals surface area (Å²) in [6.45, 7) is 0. The minimum Gasteiger partial charge on any atom is -0.457 e. The van der Waals surface area contributed by atoms with Gasteiger partial charge in [-0.05, 0) is 60.7 Å². The van der Waals surface area contributed by atoms with E-state index in [-0.39, 0.29) is 0 Å². The van der Waals surface area contributed by atoms with Gasteiger partial charge < -0.3 is 13.6 Å². The van der Waals surface area contributed by atoms with E-state index in [1.54, 1.807) is 12.4 Å². The van der Waals surface area contributed by atoms with Crippen molar-refractivity contribution in [3.8, 4) is 11.5 Å². The van der Waals surface area contributed by atoms with E-state index < -0.39 is 0 Å². The van der Waals surface area contributed by atoms with Gasteiger partial charge in [-0.15, -0.1) is 0 Å². The number of furan rings is 2. The van der Waals surface area contributed by atoms with E-state index in [2.05, 4.69) is 58.3 Å². The first kappa shape index (κ1) is 30.4. The zero-order chi connectivity index (χ0) is 35.1. The molecule has 0 saturated carbocycles. The number of benzene rings is 6. The molecule has 0 radical (unpaired) electrons. The Morgan fingerprint density at radius 2 is 0.811 bits per heavy atom. The van der Waals surface area contributed by atoms with Crippen molar-refractivity contribution >= 4 is 78.3 Å². The zero-order valence-corrected chi connectivity index (χ0v) is 28.3. The molecule has 4 aromatic heterocycles. The van der Waals surface area contributed by atoms with Crippen LogP contribution in [0.2, 0.25) is 0 Å². The highest BCUT2D eigenvalue weighted by molar-refractivity contribution is 6.15. The summed E-state index contributed by atoms with van der Waals surface area (Å²) < 4.78 is 19.9. The van der Waals surface area contributed by atoms with Gasteiger partial charge in [0.25, 0.3) is 0 Å². The fourth-order valence-electron chi connectivity index (χ4n) is 7.14. The van der Waals surface area contributed by atoms with Crippen molar-refractivity contribution in [3.05, 3.63) is 182 Å². The van der Waals surface area contributed by atoms with Gasteiger partial charge in [0.05, 0.1) is 22.1 Å². The van der Waals surface area contributed by atoms with Gasteiger partial charge >= 0.3 is 0 Å². The van der Waals surface area contributed by atoms with Gasteiger partial charge in [0, 0.05) is 58.8 Å². The molecule has 0 aliphatic carbocycles. The molecule has 53 heavy (non-hydrogen) atoms. The molecule has 0 aliphatic rings. The fourth-order valence-corrected chi connectivity index (χ4v) is 7.14. The van der Waals surface area contributed by atoms with Gasteiger partial charge in [0.2, 0.25) is 0 Å². The van der Waals surface area contributed by atoms with Crippen LogP contribution in [-0.2, 0) is 0 Å². The Hall–Kier alpha value is -7.38. The summed E-state index contributed by atoms with van der Waals surface area (Å²) in [6.07, 6.45) is 3.61. The fraction of sp³-hybridized carbons (Fsp3) is 0. The molecule has 6 aromatic carbocycles. The lowest BCUT2D eigenvalue weighted by Crippen LogP contribution is -2.12. The molecule has 10 rings (SSSR count). The molecule has 0 fully saturated rings. The molecule has 7 nitrogen and oxygen atoms in total. The van der Waals surface area contributed by atoms with Gasteiger partial charge in [0.1, 0.15) is 45.5 Å². The van der Waals surface area contributed by atoms with Crippen molar-refractivity contribution in [2.75, 3.05) is 9.80 Å². The molecule has 0 amide bonds. The summed E-state index contributed by atoms with van der Waals surface area (Å²) in [6, 6.07) is 56.5. The number of nitrogens with zero attached hydrogens (tertiary/aromatic N) is 4. The number of para-hydroxylation sites is 4. The second kappa shape index (κ2) is 12.7. The number of pyridine rings is 2. The van der Waals surface area contributed by atoms with E-state index in [1.165, 1.54) is 0 Å². The van der Waals surface area contributed by atoms with Gasteiger partial charge in [-0.1, -0.05) is 84.9 Å². The quantitative estimate of drug-likeness (QED) is 0.158. The molecule has 0 unspecified atom stereocenters. The lowest BCUT2D eigenvalue weighted by molar-refractivity contribution is 0.482. The van der Waals surface area contributed by atoms with Crippen molar-refractivity contribution in [2.24, 2.45) is 0 Å². The van der Waals surface area contributed by atoms with Crippen molar-refractivity contribution in [1.82, 2.24) is 9.97 Å². The standard InChI is InChI=1S/C46H30N4O3/c1-3-15-31(16-4-1)49(43-23-11-13-25-47-43)37-27-33(29-41-45(37)35-19-7-9-21-39(35)52-41)51-34-28-38(46-36-20-8-10-22-40(36)53-42(46)30-34)50(32-17-5-2-6-18-32)44-24-12-14-26-48-44/h1-30H. The predicted octanol–water partition coefficient (Wildman–Crippen LogP) is 13.0. The van der Waals surface area contributed by atoms with Gasteiger partial charge in [-0.3, -0.25) is 9.80 Å². The minimum absolute atomic E-state index is 0.592. The summed E-state index contributed by atoms with van der Waals surface area (Å²) in [5.41, 5.74) is 6.61. The van der Waals surface area contributed by atoms with Crippen LogP contribution in [0.5, 0.6) is 11.5 Å². The molecule has 252 valence electrons.